The molecule has 2 aromatic rings. The number of hydrogen-bond acceptors (Lipinski definition) is 5. The lowest BCUT2D eigenvalue weighted by molar-refractivity contribution is -0.142. The van der Waals surface area contributed by atoms with Crippen molar-refractivity contribution in [3.05, 3.63) is 57.1 Å². The highest BCUT2D eigenvalue weighted by molar-refractivity contribution is 14.1. The van der Waals surface area contributed by atoms with Gasteiger partial charge in [-0.25, -0.2) is 4.79 Å². The monoisotopic (exact) mass is 690 g/mol. The normalized spacial score (nSPS) is 14.2. The predicted molar refractivity (Wildman–Crippen MR) is 154 cm³/mol. The second-order valence-electron chi connectivity index (χ2n) is 8.22. The average molecular weight is 690 g/mol. The van der Waals surface area contributed by atoms with Crippen LogP contribution in [0, 0.1) is 0 Å². The standard InChI is InChI=1S/C25H32I2N4O3/c1-4-15-18(12-26)16(5-2)24-17(19(15)13-29-27)11-22(24)31-25(33)30-21-8-7-14(9-20(21)28)10-23(32)34-6-3/h7-9,22,29H,4-6,10-13,28H2,1-3H3,(H2,30,31,33). The van der Waals surface area contributed by atoms with Gasteiger partial charge in [0.2, 0.25) is 0 Å². The van der Waals surface area contributed by atoms with Crippen molar-refractivity contribution >= 4 is 68.8 Å². The van der Waals surface area contributed by atoms with E-state index < -0.39 is 0 Å². The van der Waals surface area contributed by atoms with Crippen molar-refractivity contribution in [3.63, 3.8) is 0 Å². The second-order valence-corrected chi connectivity index (χ2v) is 9.74. The zero-order valence-corrected chi connectivity index (χ0v) is 24.1. The number of nitrogen functional groups attached to an aromatic ring is 1. The van der Waals surface area contributed by atoms with Crippen molar-refractivity contribution in [2.45, 2.75) is 63.5 Å². The van der Waals surface area contributed by atoms with Crippen LogP contribution in [-0.4, -0.2) is 18.6 Å². The summed E-state index contributed by atoms with van der Waals surface area (Å²) in [6, 6.07) is 4.89. The first kappa shape index (κ1) is 27.0. The van der Waals surface area contributed by atoms with Crippen molar-refractivity contribution in [3.8, 4) is 0 Å². The van der Waals surface area contributed by atoms with Gasteiger partial charge >= 0.3 is 12.0 Å². The van der Waals surface area contributed by atoms with E-state index in [1.807, 2.05) is 0 Å². The number of carbonyl (C=O) groups is 2. The number of anilines is 2. The third kappa shape index (κ3) is 5.78. The SMILES string of the molecule is CCOC(=O)Cc1ccc(NC(=O)NC2Cc3c(CNI)c(CC)c(CI)c(CC)c32)c(N)c1. The lowest BCUT2D eigenvalue weighted by Gasteiger charge is -2.38. The Labute approximate surface area is 229 Å². The molecule has 184 valence electrons. The molecule has 34 heavy (non-hydrogen) atoms. The molecule has 0 aliphatic heterocycles. The number of fused-ring (bicyclic) bond motifs is 1. The van der Waals surface area contributed by atoms with Gasteiger partial charge in [0.05, 0.1) is 30.4 Å². The molecule has 1 aliphatic carbocycles. The molecule has 0 heterocycles. The van der Waals surface area contributed by atoms with Crippen LogP contribution in [0.15, 0.2) is 18.2 Å². The van der Waals surface area contributed by atoms with Gasteiger partial charge in [-0.3, -0.25) is 8.32 Å². The van der Waals surface area contributed by atoms with Gasteiger partial charge in [-0.05, 0) is 77.3 Å². The van der Waals surface area contributed by atoms with E-state index in [9.17, 15) is 9.59 Å². The first-order chi connectivity index (χ1) is 16.4. The summed E-state index contributed by atoms with van der Waals surface area (Å²) in [5.74, 6) is -0.301. The van der Waals surface area contributed by atoms with E-state index in [0.717, 1.165) is 35.8 Å². The number of hydrogen-bond donors (Lipinski definition) is 4. The lowest BCUT2D eigenvalue weighted by Crippen LogP contribution is -2.40. The van der Waals surface area contributed by atoms with Gasteiger partial charge in [0, 0.05) is 33.8 Å². The van der Waals surface area contributed by atoms with Gasteiger partial charge in [-0.1, -0.05) is 42.5 Å². The van der Waals surface area contributed by atoms with Crippen LogP contribution >= 0.6 is 45.5 Å². The first-order valence-corrected chi connectivity index (χ1v) is 14.2. The van der Waals surface area contributed by atoms with E-state index in [0.29, 0.717) is 18.0 Å². The van der Waals surface area contributed by atoms with Gasteiger partial charge in [-0.15, -0.1) is 0 Å². The minimum Gasteiger partial charge on any atom is -0.466 e. The number of esters is 1. The molecule has 0 saturated carbocycles. The number of benzene rings is 2. The van der Waals surface area contributed by atoms with E-state index in [-0.39, 0.29) is 24.5 Å². The topological polar surface area (TPSA) is 105 Å². The van der Waals surface area contributed by atoms with Crippen LogP contribution in [0.5, 0.6) is 0 Å². The smallest absolute Gasteiger partial charge is 0.319 e. The summed E-state index contributed by atoms with van der Waals surface area (Å²) in [7, 11) is 0. The predicted octanol–water partition coefficient (Wildman–Crippen LogP) is 5.29. The third-order valence-corrected chi connectivity index (χ3v) is 7.42. The molecule has 0 fully saturated rings. The molecular weight excluding hydrogens is 658 g/mol. The van der Waals surface area contributed by atoms with Crippen LogP contribution in [0.4, 0.5) is 16.2 Å². The first-order valence-electron chi connectivity index (χ1n) is 11.6. The maximum Gasteiger partial charge on any atom is 0.319 e. The van der Waals surface area contributed by atoms with Crippen LogP contribution in [0.3, 0.4) is 0 Å². The van der Waals surface area contributed by atoms with Crippen LogP contribution < -0.4 is 19.9 Å². The van der Waals surface area contributed by atoms with Crippen LogP contribution in [-0.2, 0) is 46.2 Å². The Hall–Kier alpha value is -1.60. The second kappa shape index (κ2) is 12.4. The van der Waals surface area contributed by atoms with Gasteiger partial charge < -0.3 is 21.1 Å². The largest absolute Gasteiger partial charge is 0.466 e. The minimum absolute atomic E-state index is 0.0187. The average Bonchev–Trinajstić information content (AvgIpc) is 2.79. The van der Waals surface area contributed by atoms with E-state index in [1.54, 1.807) is 25.1 Å². The molecule has 5 N–H and O–H groups in total. The van der Waals surface area contributed by atoms with Gasteiger partial charge in [0.15, 0.2) is 0 Å². The van der Waals surface area contributed by atoms with Gasteiger partial charge in [0.25, 0.3) is 0 Å². The molecule has 3 rings (SSSR count). The zero-order valence-electron chi connectivity index (χ0n) is 19.8. The maximum atomic E-state index is 12.8. The number of urea groups is 1. The fraction of sp³-hybridized carbons (Fsp3) is 0.440. The molecule has 1 atom stereocenters. The van der Waals surface area contributed by atoms with E-state index in [2.05, 4.69) is 73.5 Å². The van der Waals surface area contributed by atoms with Crippen molar-refractivity contribution in [1.29, 1.82) is 0 Å². The van der Waals surface area contributed by atoms with E-state index in [1.165, 1.54) is 33.4 Å². The van der Waals surface area contributed by atoms with Crippen molar-refractivity contribution < 1.29 is 14.3 Å². The Kier molecular flexibility index (Phi) is 9.84. The summed E-state index contributed by atoms with van der Waals surface area (Å²) in [5.41, 5.74) is 16.1. The van der Waals surface area contributed by atoms with Crippen LogP contribution in [0.2, 0.25) is 0 Å². The molecule has 7 nitrogen and oxygen atoms in total. The molecule has 0 bridgehead atoms. The van der Waals surface area contributed by atoms with Gasteiger partial charge in [0.1, 0.15) is 0 Å². The Bertz CT molecular complexity index is 1070. The molecule has 0 spiro atoms. The number of nitrogens with two attached hydrogens (primary N) is 1. The molecule has 2 aromatic carbocycles. The number of ether oxygens (including phenoxy) is 1. The molecule has 0 aromatic heterocycles. The summed E-state index contributed by atoms with van der Waals surface area (Å²) in [6.07, 6.45) is 2.93. The van der Waals surface area contributed by atoms with Crippen LogP contribution in [0.1, 0.15) is 65.8 Å². The third-order valence-electron chi connectivity index (χ3n) is 6.27. The summed E-state index contributed by atoms with van der Waals surface area (Å²) >= 11 is 4.65. The van der Waals surface area contributed by atoms with Crippen molar-refractivity contribution in [2.75, 3.05) is 17.7 Å². The van der Waals surface area contributed by atoms with E-state index in [4.69, 9.17) is 10.5 Å². The van der Waals surface area contributed by atoms with Crippen molar-refractivity contribution in [2.24, 2.45) is 0 Å². The number of rotatable bonds is 10. The van der Waals surface area contributed by atoms with E-state index >= 15 is 0 Å². The zero-order chi connectivity index (χ0) is 24.8. The fourth-order valence-corrected chi connectivity index (χ4v) is 6.11. The number of nitrogens with one attached hydrogen (secondary N) is 3. The molecule has 1 aliphatic rings. The Morgan fingerprint density at radius 1 is 1.12 bits per heavy atom. The number of amides is 2. The summed E-state index contributed by atoms with van der Waals surface area (Å²) < 4.78 is 9.23. The van der Waals surface area contributed by atoms with Crippen molar-refractivity contribution in [1.82, 2.24) is 8.85 Å². The summed E-state index contributed by atoms with van der Waals surface area (Å²) in [4.78, 5) is 24.5. The number of carbonyl (C=O) groups excluding carboxylic acids is 2. The molecule has 2 amide bonds. The highest BCUT2D eigenvalue weighted by Crippen LogP contribution is 2.43. The summed E-state index contributed by atoms with van der Waals surface area (Å²) in [6.45, 7) is 7.35. The van der Waals surface area contributed by atoms with Crippen LogP contribution in [0.25, 0.3) is 0 Å². The lowest BCUT2D eigenvalue weighted by atomic mass is 9.72. The molecule has 9 heteroatoms. The Balaban J connectivity index is 1.77. The number of halogens is 2. The Morgan fingerprint density at radius 3 is 2.44 bits per heavy atom. The maximum absolute atomic E-state index is 12.8. The highest BCUT2D eigenvalue weighted by atomic mass is 127. The molecular formula is C25H32I2N4O3. The Morgan fingerprint density at radius 2 is 1.85 bits per heavy atom. The molecule has 0 saturated heterocycles. The molecule has 1 unspecified atom stereocenters. The molecule has 0 radical (unpaired) electrons. The summed E-state index contributed by atoms with van der Waals surface area (Å²) in [5, 5.41) is 6.01. The quantitative estimate of drug-likeness (QED) is 0.0892. The highest BCUT2D eigenvalue weighted by Gasteiger charge is 2.35. The fourth-order valence-electron chi connectivity index (χ4n) is 4.81. The number of alkyl halides is 1. The minimum atomic E-state index is -0.301. The van der Waals surface area contributed by atoms with Gasteiger partial charge in [-0.2, -0.15) is 0 Å².